The van der Waals surface area contributed by atoms with E-state index < -0.39 is 23.5 Å². The number of hydrogen-bond acceptors (Lipinski definition) is 8. The predicted molar refractivity (Wildman–Crippen MR) is 177 cm³/mol. The Kier molecular flexibility index (Phi) is 9.24. The van der Waals surface area contributed by atoms with Crippen molar-refractivity contribution in [3.05, 3.63) is 77.8 Å². The lowest BCUT2D eigenvalue weighted by molar-refractivity contribution is -0.164. The van der Waals surface area contributed by atoms with Crippen molar-refractivity contribution in [1.29, 1.82) is 0 Å². The molecule has 5 rings (SSSR count). The number of ether oxygens (including phenoxy) is 3. The van der Waals surface area contributed by atoms with Gasteiger partial charge in [0.1, 0.15) is 17.4 Å². The first-order valence-corrected chi connectivity index (χ1v) is 15.5. The summed E-state index contributed by atoms with van der Waals surface area (Å²) in [6, 6.07) is 12.2. The summed E-state index contributed by atoms with van der Waals surface area (Å²) in [4.78, 5) is 20.4. The van der Waals surface area contributed by atoms with Gasteiger partial charge >= 0.3 is 5.97 Å². The third kappa shape index (κ3) is 6.78. The number of carbonyl (C=O) groups is 1. The molecule has 3 heterocycles. The van der Waals surface area contributed by atoms with E-state index in [0.717, 1.165) is 30.0 Å². The third-order valence-corrected chi connectivity index (χ3v) is 8.37. The summed E-state index contributed by atoms with van der Waals surface area (Å²) >= 11 is 0. The number of halogens is 1. The minimum atomic E-state index is -1.04. The first-order chi connectivity index (χ1) is 21.7. The molecule has 1 atom stereocenters. The molecule has 0 amide bonds. The topological polar surface area (TPSA) is 98.4 Å². The Balaban J connectivity index is 1.66. The van der Waals surface area contributed by atoms with Gasteiger partial charge in [-0.25, -0.2) is 14.2 Å². The molecule has 0 radical (unpaired) electrons. The summed E-state index contributed by atoms with van der Waals surface area (Å²) < 4.78 is 33.6. The van der Waals surface area contributed by atoms with Crippen LogP contribution in [0.5, 0.6) is 5.75 Å². The van der Waals surface area contributed by atoms with Gasteiger partial charge in [-0.3, -0.25) is 0 Å². The number of aromatic nitrogens is 3. The van der Waals surface area contributed by atoms with Gasteiger partial charge in [-0.05, 0) is 77.6 Å². The van der Waals surface area contributed by atoms with Crippen molar-refractivity contribution in [2.75, 3.05) is 31.7 Å². The van der Waals surface area contributed by atoms with Crippen LogP contribution in [-0.2, 0) is 19.0 Å². The number of rotatable bonds is 9. The van der Waals surface area contributed by atoms with E-state index in [0.29, 0.717) is 59.2 Å². The number of phenolic OH excluding ortho intramolecular Hbond substituents is 1. The zero-order chi connectivity index (χ0) is 33.4. The predicted octanol–water partition coefficient (Wildman–Crippen LogP) is 7.12. The number of benzene rings is 2. The SMILES string of the molecule is C=CCOC1(C)CCN(c2c([C@H](OC(C)(C)C)C(=O)OC)c(C)nc3cc(-c4cccc(-c5cc(C)c(F)cc5O)c4)nn23)CC1. The number of methoxy groups -OCH3 is 1. The lowest BCUT2D eigenvalue weighted by Crippen LogP contribution is -2.45. The van der Waals surface area contributed by atoms with Crippen LogP contribution >= 0.6 is 0 Å². The highest BCUT2D eigenvalue weighted by molar-refractivity contribution is 5.81. The van der Waals surface area contributed by atoms with E-state index in [-0.39, 0.29) is 11.4 Å². The fourth-order valence-corrected chi connectivity index (χ4v) is 5.90. The van der Waals surface area contributed by atoms with Gasteiger partial charge in [0.25, 0.3) is 0 Å². The molecule has 0 aliphatic carbocycles. The zero-order valence-electron chi connectivity index (χ0n) is 27.7. The van der Waals surface area contributed by atoms with Crippen LogP contribution in [-0.4, -0.2) is 63.7 Å². The molecule has 2 aromatic heterocycles. The highest BCUT2D eigenvalue weighted by Gasteiger charge is 2.38. The number of nitrogens with zero attached hydrogens (tertiary/aromatic N) is 4. The fraction of sp³-hybridized carbons (Fsp3) is 0.417. The van der Waals surface area contributed by atoms with Gasteiger partial charge in [0.15, 0.2) is 11.8 Å². The van der Waals surface area contributed by atoms with Crippen molar-refractivity contribution >= 4 is 17.4 Å². The molecule has 0 unspecified atom stereocenters. The molecule has 0 spiro atoms. The maximum absolute atomic E-state index is 14.1. The second kappa shape index (κ2) is 12.8. The van der Waals surface area contributed by atoms with Gasteiger partial charge in [0.2, 0.25) is 0 Å². The minimum Gasteiger partial charge on any atom is -0.507 e. The monoisotopic (exact) mass is 630 g/mol. The van der Waals surface area contributed by atoms with Crippen LogP contribution in [0.2, 0.25) is 0 Å². The lowest BCUT2D eigenvalue weighted by Gasteiger charge is -2.41. The molecule has 1 aliphatic rings. The molecule has 244 valence electrons. The van der Waals surface area contributed by atoms with Gasteiger partial charge in [-0.2, -0.15) is 9.61 Å². The Hall–Kier alpha value is -4.28. The molecule has 1 aliphatic heterocycles. The largest absolute Gasteiger partial charge is 0.507 e. The van der Waals surface area contributed by atoms with Crippen molar-refractivity contribution in [2.45, 2.75) is 71.7 Å². The van der Waals surface area contributed by atoms with Crippen LogP contribution in [0.3, 0.4) is 0 Å². The Morgan fingerprint density at radius 1 is 1.15 bits per heavy atom. The van der Waals surface area contributed by atoms with Crippen molar-refractivity contribution in [3.8, 4) is 28.1 Å². The van der Waals surface area contributed by atoms with E-state index in [1.165, 1.54) is 7.11 Å². The van der Waals surface area contributed by atoms with Crippen LogP contribution < -0.4 is 4.90 Å². The highest BCUT2D eigenvalue weighted by atomic mass is 19.1. The maximum Gasteiger partial charge on any atom is 0.339 e. The molecule has 1 fully saturated rings. The van der Waals surface area contributed by atoms with Crippen LogP contribution in [0.15, 0.2) is 55.1 Å². The second-order valence-corrected chi connectivity index (χ2v) is 13.1. The Labute approximate surface area is 269 Å². The number of piperidine rings is 1. The number of fused-ring (bicyclic) bond motifs is 1. The first-order valence-electron chi connectivity index (χ1n) is 15.5. The summed E-state index contributed by atoms with van der Waals surface area (Å²) in [5, 5.41) is 15.6. The molecule has 1 saturated heterocycles. The van der Waals surface area contributed by atoms with Crippen molar-refractivity contribution < 1.29 is 28.5 Å². The highest BCUT2D eigenvalue weighted by Crippen LogP contribution is 2.39. The van der Waals surface area contributed by atoms with Gasteiger partial charge in [0.05, 0.1) is 36.2 Å². The smallest absolute Gasteiger partial charge is 0.339 e. The van der Waals surface area contributed by atoms with Crippen molar-refractivity contribution in [2.24, 2.45) is 0 Å². The van der Waals surface area contributed by atoms with Gasteiger partial charge in [0, 0.05) is 42.0 Å². The van der Waals surface area contributed by atoms with Gasteiger partial charge < -0.3 is 24.2 Å². The molecule has 10 heteroatoms. The molecule has 9 nitrogen and oxygen atoms in total. The second-order valence-electron chi connectivity index (χ2n) is 13.1. The molecular weight excluding hydrogens is 587 g/mol. The summed E-state index contributed by atoms with van der Waals surface area (Å²) in [5.41, 5.74) is 3.98. The summed E-state index contributed by atoms with van der Waals surface area (Å²) in [5.74, 6) is -0.414. The molecule has 1 N–H and O–H groups in total. The number of anilines is 1. The molecule has 4 aromatic rings. The summed E-state index contributed by atoms with van der Waals surface area (Å²) in [7, 11) is 1.35. The zero-order valence-corrected chi connectivity index (χ0v) is 27.7. The first kappa shape index (κ1) is 33.1. The summed E-state index contributed by atoms with van der Waals surface area (Å²) in [6.45, 7) is 16.9. The average Bonchev–Trinajstić information content (AvgIpc) is 3.43. The van der Waals surface area contributed by atoms with Crippen LogP contribution in [0.1, 0.15) is 63.5 Å². The average molecular weight is 631 g/mol. The number of carbonyl (C=O) groups excluding carboxylic acids is 1. The van der Waals surface area contributed by atoms with E-state index in [2.05, 4.69) is 18.4 Å². The molecule has 2 aromatic carbocycles. The maximum atomic E-state index is 14.1. The number of esters is 1. The van der Waals surface area contributed by atoms with E-state index >= 15 is 0 Å². The normalized spacial score (nSPS) is 15.6. The van der Waals surface area contributed by atoms with Crippen molar-refractivity contribution in [1.82, 2.24) is 14.6 Å². The van der Waals surface area contributed by atoms with E-state index in [4.69, 9.17) is 24.3 Å². The summed E-state index contributed by atoms with van der Waals surface area (Å²) in [6.07, 6.45) is 2.23. The lowest BCUT2D eigenvalue weighted by atomic mass is 9.92. The standard InChI is InChI=1S/C36H43FN4O5/c1-9-17-45-36(7)13-15-40(16-14-36)33-31(32(34(43)44-8)46-35(4,5)6)23(3)38-30-21-28(39-41(30)33)25-12-10-11-24(19-25)26-18-22(2)27(37)20-29(26)42/h9-12,18-21,32,42H,1,13-17H2,2-8H3/t32-/m0/s1. The quantitative estimate of drug-likeness (QED) is 0.154. The number of aromatic hydroxyl groups is 1. The molecule has 0 saturated carbocycles. The number of aryl methyl sites for hydroxylation is 2. The molecule has 0 bridgehead atoms. The van der Waals surface area contributed by atoms with Crippen LogP contribution in [0.4, 0.5) is 10.2 Å². The number of hydrogen-bond donors (Lipinski definition) is 1. The Morgan fingerprint density at radius 3 is 2.50 bits per heavy atom. The molecular formula is C36H43FN4O5. The van der Waals surface area contributed by atoms with E-state index in [9.17, 15) is 14.3 Å². The van der Waals surface area contributed by atoms with E-state index in [1.807, 2.05) is 58.0 Å². The molecule has 46 heavy (non-hydrogen) atoms. The number of phenols is 1. The Morgan fingerprint density at radius 2 is 1.85 bits per heavy atom. The van der Waals surface area contributed by atoms with E-state index in [1.54, 1.807) is 23.6 Å². The van der Waals surface area contributed by atoms with Gasteiger partial charge in [-0.15, -0.1) is 6.58 Å². The fourth-order valence-electron chi connectivity index (χ4n) is 5.90. The third-order valence-electron chi connectivity index (χ3n) is 8.37. The van der Waals surface area contributed by atoms with Gasteiger partial charge in [-0.1, -0.05) is 24.3 Å². The Bertz CT molecular complexity index is 1770. The minimum absolute atomic E-state index is 0.138. The van der Waals surface area contributed by atoms with Crippen LogP contribution in [0, 0.1) is 19.7 Å². The van der Waals surface area contributed by atoms with Crippen LogP contribution in [0.25, 0.3) is 28.0 Å². The van der Waals surface area contributed by atoms with Crippen molar-refractivity contribution in [3.63, 3.8) is 0 Å².